The van der Waals surface area contributed by atoms with Gasteiger partial charge >= 0.3 is 12.0 Å². The van der Waals surface area contributed by atoms with Crippen LogP contribution in [0, 0.1) is 5.92 Å². The largest absolute Gasteiger partial charge is 0.497 e. The Labute approximate surface area is 155 Å². The van der Waals surface area contributed by atoms with Crippen molar-refractivity contribution in [3.05, 3.63) is 29.8 Å². The Morgan fingerprint density at radius 3 is 2.70 bits per heavy atom. The van der Waals surface area contributed by atoms with Crippen LogP contribution in [0.3, 0.4) is 0 Å². The van der Waals surface area contributed by atoms with E-state index in [4.69, 9.17) is 14.2 Å². The first-order chi connectivity index (χ1) is 12.9. The third kappa shape index (κ3) is 4.19. The van der Waals surface area contributed by atoms with E-state index in [9.17, 15) is 18.8 Å². The van der Waals surface area contributed by atoms with Crippen LogP contribution in [0.1, 0.15) is 23.7 Å². The summed E-state index contributed by atoms with van der Waals surface area (Å²) >= 11 is 0. The minimum Gasteiger partial charge on any atom is -0.497 e. The first kappa shape index (κ1) is 19.1. The molecule has 4 atom stereocenters. The summed E-state index contributed by atoms with van der Waals surface area (Å²) in [7, 11) is 1.52. The minimum absolute atomic E-state index is 0.0426. The Morgan fingerprint density at radius 2 is 2.04 bits per heavy atom. The molecular formula is C18H21FN2O6. The van der Waals surface area contributed by atoms with Crippen molar-refractivity contribution in [1.29, 1.82) is 0 Å². The number of hydrogen-bond donors (Lipinski definition) is 1. The second kappa shape index (κ2) is 7.91. The molecule has 9 heteroatoms. The number of methoxy groups -OCH3 is 1. The Hall–Kier alpha value is -2.68. The molecule has 0 spiro atoms. The third-order valence-electron chi connectivity index (χ3n) is 4.62. The van der Waals surface area contributed by atoms with Gasteiger partial charge in [-0.2, -0.15) is 0 Å². The first-order valence-corrected chi connectivity index (χ1v) is 8.61. The van der Waals surface area contributed by atoms with Gasteiger partial charge in [-0.15, -0.1) is 0 Å². The van der Waals surface area contributed by atoms with Crippen molar-refractivity contribution in [3.8, 4) is 5.75 Å². The zero-order valence-electron chi connectivity index (χ0n) is 15.0. The van der Waals surface area contributed by atoms with Crippen LogP contribution in [0.4, 0.5) is 9.18 Å². The zero-order valence-corrected chi connectivity index (χ0v) is 15.0. The SMILES string of the molecule is COc1ccc(C(=O)OC[C@H]2O[C@@H](N3CC(C)C(=O)NC3=O)C[C@@H]2F)cc1. The van der Waals surface area contributed by atoms with Crippen LogP contribution < -0.4 is 10.1 Å². The second-order valence-electron chi connectivity index (χ2n) is 6.56. The van der Waals surface area contributed by atoms with E-state index in [0.29, 0.717) is 11.3 Å². The van der Waals surface area contributed by atoms with Gasteiger partial charge in [0.1, 0.15) is 30.9 Å². The van der Waals surface area contributed by atoms with Crippen molar-refractivity contribution in [1.82, 2.24) is 10.2 Å². The van der Waals surface area contributed by atoms with Crippen LogP contribution >= 0.6 is 0 Å². The Kier molecular flexibility index (Phi) is 5.59. The molecular weight excluding hydrogens is 359 g/mol. The average Bonchev–Trinajstić information content (AvgIpc) is 3.03. The molecule has 0 radical (unpaired) electrons. The number of alkyl halides is 1. The molecule has 3 amide bonds. The molecule has 0 saturated carbocycles. The van der Waals surface area contributed by atoms with Crippen LogP contribution in [0.25, 0.3) is 0 Å². The van der Waals surface area contributed by atoms with Gasteiger partial charge in [-0.05, 0) is 24.3 Å². The Balaban J connectivity index is 1.54. The van der Waals surface area contributed by atoms with E-state index in [2.05, 4.69) is 5.32 Å². The molecule has 27 heavy (non-hydrogen) atoms. The number of carbonyl (C=O) groups is 3. The summed E-state index contributed by atoms with van der Waals surface area (Å²) in [5.74, 6) is -0.774. The summed E-state index contributed by atoms with van der Waals surface area (Å²) < 4.78 is 30.0. The number of nitrogens with zero attached hydrogens (tertiary/aromatic N) is 1. The van der Waals surface area contributed by atoms with E-state index in [0.717, 1.165) is 0 Å². The number of imide groups is 1. The number of nitrogens with one attached hydrogen (secondary N) is 1. The van der Waals surface area contributed by atoms with E-state index in [1.165, 1.54) is 12.0 Å². The average molecular weight is 380 g/mol. The summed E-state index contributed by atoms with van der Waals surface area (Å²) in [4.78, 5) is 36.8. The highest BCUT2D eigenvalue weighted by Gasteiger charge is 2.43. The molecule has 1 unspecified atom stereocenters. The van der Waals surface area contributed by atoms with Crippen molar-refractivity contribution >= 4 is 17.9 Å². The van der Waals surface area contributed by atoms with Crippen molar-refractivity contribution in [2.24, 2.45) is 5.92 Å². The van der Waals surface area contributed by atoms with Crippen LogP contribution in [0.2, 0.25) is 0 Å². The van der Waals surface area contributed by atoms with Gasteiger partial charge in [0.05, 0.1) is 18.6 Å². The number of esters is 1. The molecule has 3 rings (SSSR count). The molecule has 8 nitrogen and oxygen atoms in total. The number of hydrogen-bond acceptors (Lipinski definition) is 6. The van der Waals surface area contributed by atoms with Gasteiger partial charge in [0.15, 0.2) is 0 Å². The van der Waals surface area contributed by atoms with Crippen LogP contribution in [-0.2, 0) is 14.3 Å². The maximum Gasteiger partial charge on any atom is 0.338 e. The van der Waals surface area contributed by atoms with Gasteiger partial charge in [0, 0.05) is 13.0 Å². The monoisotopic (exact) mass is 380 g/mol. The third-order valence-corrected chi connectivity index (χ3v) is 4.62. The van der Waals surface area contributed by atoms with E-state index >= 15 is 0 Å². The Morgan fingerprint density at radius 1 is 1.33 bits per heavy atom. The number of carbonyl (C=O) groups excluding carboxylic acids is 3. The molecule has 0 bridgehead atoms. The van der Waals surface area contributed by atoms with E-state index in [1.54, 1.807) is 31.2 Å². The maximum absolute atomic E-state index is 14.3. The lowest BCUT2D eigenvalue weighted by molar-refractivity contribution is -0.128. The molecule has 2 aliphatic heterocycles. The molecule has 1 N–H and O–H groups in total. The van der Waals surface area contributed by atoms with Crippen molar-refractivity contribution < 1.29 is 33.0 Å². The van der Waals surface area contributed by atoms with E-state index < -0.39 is 36.4 Å². The number of urea groups is 1. The summed E-state index contributed by atoms with van der Waals surface area (Å²) in [5.41, 5.74) is 0.309. The fourth-order valence-electron chi connectivity index (χ4n) is 3.01. The van der Waals surface area contributed by atoms with Crippen molar-refractivity contribution in [2.75, 3.05) is 20.3 Å². The van der Waals surface area contributed by atoms with Gasteiger partial charge in [0.25, 0.3) is 0 Å². The lowest BCUT2D eigenvalue weighted by Gasteiger charge is -2.34. The van der Waals surface area contributed by atoms with Crippen molar-refractivity contribution in [3.63, 3.8) is 0 Å². The molecule has 2 heterocycles. The maximum atomic E-state index is 14.3. The van der Waals surface area contributed by atoms with Gasteiger partial charge < -0.3 is 14.2 Å². The summed E-state index contributed by atoms with van der Waals surface area (Å²) in [6.07, 6.45) is -3.21. The highest BCUT2D eigenvalue weighted by molar-refractivity contribution is 5.97. The molecule has 2 fully saturated rings. The molecule has 0 aromatic heterocycles. The highest BCUT2D eigenvalue weighted by Crippen LogP contribution is 2.28. The second-order valence-corrected chi connectivity index (χ2v) is 6.56. The standard InChI is InChI=1S/C18H21FN2O6/c1-10-8-21(18(24)20-16(10)22)15-7-13(19)14(27-15)9-26-17(23)11-3-5-12(25-2)6-4-11/h3-6,10,13-15H,7-9H2,1-2H3,(H,20,22,24)/t10?,13-,14+,15+/m0/s1. The van der Waals surface area contributed by atoms with Crippen LogP contribution in [-0.4, -0.2) is 61.6 Å². The molecule has 1 aromatic rings. The van der Waals surface area contributed by atoms with Crippen LogP contribution in [0.15, 0.2) is 24.3 Å². The number of halogens is 1. The summed E-state index contributed by atoms with van der Waals surface area (Å²) in [6, 6.07) is 5.72. The first-order valence-electron chi connectivity index (χ1n) is 8.61. The summed E-state index contributed by atoms with van der Waals surface area (Å²) in [6.45, 7) is 1.55. The predicted octanol–water partition coefficient (Wildman–Crippen LogP) is 1.49. The fraction of sp³-hybridized carbons (Fsp3) is 0.500. The molecule has 2 aliphatic rings. The minimum atomic E-state index is -1.39. The number of amides is 3. The number of rotatable bonds is 5. The zero-order chi connectivity index (χ0) is 19.6. The highest BCUT2D eigenvalue weighted by atomic mass is 19.1. The number of benzene rings is 1. The molecule has 146 valence electrons. The van der Waals surface area contributed by atoms with Crippen molar-refractivity contribution in [2.45, 2.75) is 31.8 Å². The quantitative estimate of drug-likeness (QED) is 0.778. The van der Waals surface area contributed by atoms with Gasteiger partial charge in [-0.1, -0.05) is 6.92 Å². The lowest BCUT2D eigenvalue weighted by Crippen LogP contribution is -2.57. The van der Waals surface area contributed by atoms with E-state index in [1.807, 2.05) is 0 Å². The molecule has 2 saturated heterocycles. The predicted molar refractivity (Wildman–Crippen MR) is 90.9 cm³/mol. The molecule has 1 aromatic carbocycles. The van der Waals surface area contributed by atoms with Gasteiger partial charge in [-0.25, -0.2) is 14.0 Å². The Bertz CT molecular complexity index is 725. The van der Waals surface area contributed by atoms with Crippen LogP contribution in [0.5, 0.6) is 5.75 Å². The van der Waals surface area contributed by atoms with Gasteiger partial charge in [0.2, 0.25) is 5.91 Å². The summed E-state index contributed by atoms with van der Waals surface area (Å²) in [5, 5.41) is 2.22. The lowest BCUT2D eigenvalue weighted by atomic mass is 10.1. The topological polar surface area (TPSA) is 94.2 Å². The number of ether oxygens (including phenoxy) is 3. The fourth-order valence-corrected chi connectivity index (χ4v) is 3.01. The van der Waals surface area contributed by atoms with Gasteiger partial charge in [-0.3, -0.25) is 15.0 Å². The molecule has 0 aliphatic carbocycles. The normalized spacial score (nSPS) is 28.0. The smallest absolute Gasteiger partial charge is 0.338 e. The van der Waals surface area contributed by atoms with E-state index in [-0.39, 0.29) is 25.5 Å².